The topological polar surface area (TPSA) is 38.7 Å². The summed E-state index contributed by atoms with van der Waals surface area (Å²) in [6.07, 6.45) is 5.06. The first-order valence-corrected chi connectivity index (χ1v) is 6.54. The van der Waals surface area contributed by atoms with Crippen molar-refractivity contribution in [1.29, 1.82) is 0 Å². The van der Waals surface area contributed by atoms with Crippen LogP contribution in [0.4, 0.5) is 0 Å². The molecule has 2 heterocycles. The van der Waals surface area contributed by atoms with E-state index in [1.54, 1.807) is 11.3 Å². The third kappa shape index (κ3) is 1.48. The SMILES string of the molecule is O=C1OC(c2cccs2)=NC12CCCCC2. The van der Waals surface area contributed by atoms with E-state index in [0.29, 0.717) is 5.90 Å². The Bertz CT molecular complexity index is 430. The van der Waals surface area contributed by atoms with Gasteiger partial charge in [0.2, 0.25) is 5.90 Å². The number of carbonyl (C=O) groups is 1. The molecule has 84 valence electrons. The quantitative estimate of drug-likeness (QED) is 0.702. The van der Waals surface area contributed by atoms with Crippen LogP contribution in [0.15, 0.2) is 22.5 Å². The molecule has 1 saturated carbocycles. The van der Waals surface area contributed by atoms with Crippen LogP contribution in [0.3, 0.4) is 0 Å². The fourth-order valence-electron chi connectivity index (χ4n) is 2.40. The third-order valence-electron chi connectivity index (χ3n) is 3.30. The van der Waals surface area contributed by atoms with Gasteiger partial charge in [-0.3, -0.25) is 0 Å². The van der Waals surface area contributed by atoms with Crippen LogP contribution >= 0.6 is 11.3 Å². The summed E-state index contributed by atoms with van der Waals surface area (Å²) < 4.78 is 5.32. The van der Waals surface area contributed by atoms with Gasteiger partial charge in [-0.1, -0.05) is 25.3 Å². The average Bonchev–Trinajstić information content (AvgIpc) is 2.90. The number of esters is 1. The molecule has 0 bridgehead atoms. The molecule has 3 rings (SSSR count). The Labute approximate surface area is 98.2 Å². The lowest BCUT2D eigenvalue weighted by Gasteiger charge is -2.25. The van der Waals surface area contributed by atoms with Crippen LogP contribution in [0, 0.1) is 0 Å². The van der Waals surface area contributed by atoms with Gasteiger partial charge in [0.25, 0.3) is 0 Å². The largest absolute Gasteiger partial charge is 0.404 e. The van der Waals surface area contributed by atoms with Gasteiger partial charge in [-0.2, -0.15) is 0 Å². The van der Waals surface area contributed by atoms with Crippen molar-refractivity contribution in [2.24, 2.45) is 4.99 Å². The molecular formula is C12H13NO2S. The van der Waals surface area contributed by atoms with E-state index in [1.165, 1.54) is 6.42 Å². The number of aliphatic imine (C=N–C) groups is 1. The maximum atomic E-state index is 11.9. The van der Waals surface area contributed by atoms with E-state index in [-0.39, 0.29) is 5.97 Å². The number of thiophene rings is 1. The molecule has 0 aromatic carbocycles. The summed E-state index contributed by atoms with van der Waals surface area (Å²) in [5, 5.41) is 1.97. The molecule has 0 atom stereocenters. The van der Waals surface area contributed by atoms with E-state index in [4.69, 9.17) is 4.74 Å². The third-order valence-corrected chi connectivity index (χ3v) is 4.16. The van der Waals surface area contributed by atoms with Crippen molar-refractivity contribution in [3.05, 3.63) is 22.4 Å². The van der Waals surface area contributed by atoms with E-state index >= 15 is 0 Å². The van der Waals surface area contributed by atoms with Gasteiger partial charge >= 0.3 is 5.97 Å². The highest BCUT2D eigenvalue weighted by molar-refractivity contribution is 7.12. The molecule has 1 aromatic heterocycles. The zero-order valence-corrected chi connectivity index (χ0v) is 9.76. The summed E-state index contributed by atoms with van der Waals surface area (Å²) in [6.45, 7) is 0. The Hall–Kier alpha value is -1.16. The Kier molecular flexibility index (Phi) is 2.32. The number of ether oxygens (including phenoxy) is 1. The van der Waals surface area contributed by atoms with Gasteiger partial charge in [-0.05, 0) is 24.3 Å². The van der Waals surface area contributed by atoms with E-state index in [2.05, 4.69) is 4.99 Å². The lowest BCUT2D eigenvalue weighted by Crippen LogP contribution is -2.35. The smallest absolute Gasteiger partial charge is 0.340 e. The molecule has 0 N–H and O–H groups in total. The van der Waals surface area contributed by atoms with Crippen LogP contribution in [0.1, 0.15) is 37.0 Å². The molecule has 1 fully saturated rings. The summed E-state index contributed by atoms with van der Waals surface area (Å²) in [5.74, 6) is 0.387. The van der Waals surface area contributed by atoms with Gasteiger partial charge in [-0.25, -0.2) is 9.79 Å². The van der Waals surface area contributed by atoms with Crippen LogP contribution in [-0.4, -0.2) is 17.4 Å². The molecule has 3 nitrogen and oxygen atoms in total. The molecule has 4 heteroatoms. The second-order valence-corrected chi connectivity index (χ2v) is 5.32. The lowest BCUT2D eigenvalue weighted by atomic mass is 9.83. The van der Waals surface area contributed by atoms with Crippen LogP contribution in [0.2, 0.25) is 0 Å². The van der Waals surface area contributed by atoms with Gasteiger partial charge < -0.3 is 4.74 Å². The predicted molar refractivity (Wildman–Crippen MR) is 62.8 cm³/mol. The highest BCUT2D eigenvalue weighted by Crippen LogP contribution is 2.37. The monoisotopic (exact) mass is 235 g/mol. The van der Waals surface area contributed by atoms with E-state index in [0.717, 1.165) is 30.6 Å². The average molecular weight is 235 g/mol. The number of rotatable bonds is 1. The summed E-state index contributed by atoms with van der Waals surface area (Å²) in [6, 6.07) is 3.89. The van der Waals surface area contributed by atoms with Gasteiger partial charge in [0.05, 0.1) is 4.88 Å². The predicted octanol–water partition coefficient (Wildman–Crippen LogP) is 2.75. The van der Waals surface area contributed by atoms with Crippen LogP contribution in [-0.2, 0) is 9.53 Å². The van der Waals surface area contributed by atoms with Crippen molar-refractivity contribution in [3.8, 4) is 0 Å². The minimum absolute atomic E-state index is 0.143. The zero-order valence-electron chi connectivity index (χ0n) is 8.94. The normalized spacial score (nSPS) is 23.2. The van der Waals surface area contributed by atoms with Crippen molar-refractivity contribution >= 4 is 23.2 Å². The maximum absolute atomic E-state index is 11.9. The maximum Gasteiger partial charge on any atom is 0.340 e. The highest BCUT2D eigenvalue weighted by Gasteiger charge is 2.46. The lowest BCUT2D eigenvalue weighted by molar-refractivity contribution is -0.140. The van der Waals surface area contributed by atoms with Crippen molar-refractivity contribution < 1.29 is 9.53 Å². The molecule has 1 aliphatic carbocycles. The van der Waals surface area contributed by atoms with Crippen LogP contribution in [0.5, 0.6) is 0 Å². The number of nitrogens with zero attached hydrogens (tertiary/aromatic N) is 1. The van der Waals surface area contributed by atoms with Crippen LogP contribution in [0.25, 0.3) is 0 Å². The molecule has 16 heavy (non-hydrogen) atoms. The first-order chi connectivity index (χ1) is 7.80. The van der Waals surface area contributed by atoms with Gasteiger partial charge in [0.1, 0.15) is 0 Å². The first kappa shape index (κ1) is 10.0. The summed E-state index contributed by atoms with van der Waals surface area (Å²) >= 11 is 1.56. The molecule has 0 amide bonds. The Morgan fingerprint density at radius 1 is 1.31 bits per heavy atom. The minimum atomic E-state index is -0.544. The summed E-state index contributed by atoms with van der Waals surface area (Å²) in [5.41, 5.74) is -0.544. The Morgan fingerprint density at radius 3 is 2.81 bits per heavy atom. The first-order valence-electron chi connectivity index (χ1n) is 5.66. The van der Waals surface area contributed by atoms with E-state index in [1.807, 2.05) is 17.5 Å². The molecule has 0 unspecified atom stereocenters. The Morgan fingerprint density at radius 2 is 2.12 bits per heavy atom. The highest BCUT2D eigenvalue weighted by atomic mass is 32.1. The van der Waals surface area contributed by atoms with Crippen molar-refractivity contribution in [3.63, 3.8) is 0 Å². The van der Waals surface area contributed by atoms with Crippen molar-refractivity contribution in [2.45, 2.75) is 37.6 Å². The molecular weight excluding hydrogens is 222 g/mol. The van der Waals surface area contributed by atoms with Gasteiger partial charge in [0, 0.05) is 0 Å². The molecule has 1 aliphatic heterocycles. The number of hydrogen-bond acceptors (Lipinski definition) is 4. The standard InChI is InChI=1S/C12H13NO2S/c14-11-12(6-2-1-3-7-12)13-10(15-11)9-5-4-8-16-9/h4-5,8H,1-3,6-7H2. The summed E-state index contributed by atoms with van der Waals surface area (Å²) in [4.78, 5) is 17.4. The van der Waals surface area contributed by atoms with Gasteiger partial charge in [0.15, 0.2) is 5.54 Å². The number of cyclic esters (lactones) is 1. The van der Waals surface area contributed by atoms with Crippen molar-refractivity contribution in [2.75, 3.05) is 0 Å². The molecule has 1 spiro atoms. The fourth-order valence-corrected chi connectivity index (χ4v) is 3.05. The van der Waals surface area contributed by atoms with E-state index < -0.39 is 5.54 Å². The minimum Gasteiger partial charge on any atom is -0.404 e. The fraction of sp³-hybridized carbons (Fsp3) is 0.500. The molecule has 2 aliphatic rings. The number of hydrogen-bond donors (Lipinski definition) is 0. The van der Waals surface area contributed by atoms with Crippen LogP contribution < -0.4 is 0 Å². The second kappa shape index (κ2) is 3.70. The molecule has 1 aromatic rings. The second-order valence-electron chi connectivity index (χ2n) is 4.38. The Balaban J connectivity index is 1.93. The van der Waals surface area contributed by atoms with Gasteiger partial charge in [-0.15, -0.1) is 11.3 Å². The zero-order chi connectivity index (χ0) is 11.0. The van der Waals surface area contributed by atoms with Crippen molar-refractivity contribution in [1.82, 2.24) is 0 Å². The number of carbonyl (C=O) groups excluding carboxylic acids is 1. The molecule has 0 radical (unpaired) electrons. The summed E-state index contributed by atoms with van der Waals surface area (Å²) in [7, 11) is 0. The molecule has 0 saturated heterocycles. The van der Waals surface area contributed by atoms with E-state index in [9.17, 15) is 4.79 Å².